The molecule has 0 amide bonds. The number of rotatable bonds is 1. The van der Waals surface area contributed by atoms with Gasteiger partial charge in [0.1, 0.15) is 0 Å². The van der Waals surface area contributed by atoms with Crippen LogP contribution in [-0.4, -0.2) is 16.3 Å². The summed E-state index contributed by atoms with van der Waals surface area (Å²) in [6.45, 7) is 1.28. The first kappa shape index (κ1) is 11.3. The molecule has 0 spiro atoms. The smallest absolute Gasteiger partial charge is 0.401 e. The number of nitrogens with zero attached hydrogens (tertiary/aromatic N) is 2. The Morgan fingerprint density at radius 3 is 2.21 bits per heavy atom. The lowest BCUT2D eigenvalue weighted by Gasteiger charge is -2.11. The van der Waals surface area contributed by atoms with Crippen molar-refractivity contribution in [1.29, 1.82) is 0 Å². The maximum Gasteiger partial charge on any atom is 0.573 e. The van der Waals surface area contributed by atoms with Gasteiger partial charge in [-0.3, -0.25) is 0 Å². The van der Waals surface area contributed by atoms with Crippen LogP contribution >= 0.6 is 23.2 Å². The van der Waals surface area contributed by atoms with Gasteiger partial charge in [0.2, 0.25) is 5.28 Å². The van der Waals surface area contributed by atoms with Crippen LogP contribution in [0.2, 0.25) is 10.4 Å². The van der Waals surface area contributed by atoms with Crippen LogP contribution in [0.5, 0.6) is 5.75 Å². The number of hydrogen-bond acceptors (Lipinski definition) is 3. The maximum atomic E-state index is 11.8. The summed E-state index contributed by atoms with van der Waals surface area (Å²) in [5, 5.41) is -0.707. The third kappa shape index (κ3) is 2.88. The number of aromatic nitrogens is 2. The Morgan fingerprint density at radius 1 is 1.21 bits per heavy atom. The molecule has 0 saturated carbocycles. The summed E-state index contributed by atoms with van der Waals surface area (Å²) >= 11 is 10.7. The first-order valence-corrected chi connectivity index (χ1v) is 4.00. The number of hydrogen-bond donors (Lipinski definition) is 0. The third-order valence-corrected chi connectivity index (χ3v) is 1.61. The van der Waals surface area contributed by atoms with E-state index in [1.54, 1.807) is 0 Å². The second-order valence-corrected chi connectivity index (χ2v) is 2.94. The molecule has 3 nitrogen and oxygen atoms in total. The highest BCUT2D eigenvalue weighted by Crippen LogP contribution is 2.31. The molecule has 0 aliphatic carbocycles. The van der Waals surface area contributed by atoms with Crippen molar-refractivity contribution in [2.45, 2.75) is 13.3 Å². The Kier molecular flexibility index (Phi) is 3.06. The van der Waals surface area contributed by atoms with Gasteiger partial charge in [-0.1, -0.05) is 11.6 Å². The molecule has 0 saturated heterocycles. The van der Waals surface area contributed by atoms with E-state index < -0.39 is 17.3 Å². The van der Waals surface area contributed by atoms with Gasteiger partial charge in [-0.2, -0.15) is 0 Å². The Balaban J connectivity index is 3.09. The van der Waals surface area contributed by atoms with Gasteiger partial charge in [0, 0.05) is 0 Å². The highest BCUT2D eigenvalue weighted by molar-refractivity contribution is 6.32. The van der Waals surface area contributed by atoms with Crippen molar-refractivity contribution in [3.05, 3.63) is 16.1 Å². The maximum absolute atomic E-state index is 11.8. The minimum Gasteiger partial charge on any atom is -0.401 e. The quantitative estimate of drug-likeness (QED) is 0.565. The van der Waals surface area contributed by atoms with Crippen LogP contribution in [-0.2, 0) is 0 Å². The summed E-state index contributed by atoms with van der Waals surface area (Å²) in [6, 6.07) is 0. The molecule has 0 aliphatic heterocycles. The zero-order chi connectivity index (χ0) is 10.9. The summed E-state index contributed by atoms with van der Waals surface area (Å²) in [5.41, 5.74) is -0.0766. The van der Waals surface area contributed by atoms with Crippen LogP contribution in [0.25, 0.3) is 0 Å². The average Bonchev–Trinajstić information content (AvgIpc) is 1.95. The molecular formula is C6H3Cl2F3N2O. The van der Waals surface area contributed by atoms with Gasteiger partial charge in [-0.25, -0.2) is 9.97 Å². The minimum atomic E-state index is -4.83. The molecule has 14 heavy (non-hydrogen) atoms. The molecule has 78 valence electrons. The molecule has 0 aliphatic rings. The van der Waals surface area contributed by atoms with Gasteiger partial charge >= 0.3 is 6.36 Å². The molecule has 1 aromatic heterocycles. The number of halogens is 5. The van der Waals surface area contributed by atoms with Crippen LogP contribution in [0.1, 0.15) is 5.69 Å². The van der Waals surface area contributed by atoms with Crippen molar-refractivity contribution >= 4 is 23.2 Å². The van der Waals surface area contributed by atoms with Crippen LogP contribution in [0.4, 0.5) is 13.2 Å². The summed E-state index contributed by atoms with van der Waals surface area (Å²) in [5.74, 6) is -0.636. The molecule has 0 N–H and O–H groups in total. The fourth-order valence-electron chi connectivity index (χ4n) is 0.727. The lowest BCUT2D eigenvalue weighted by molar-refractivity contribution is -0.275. The van der Waals surface area contributed by atoms with Gasteiger partial charge in [-0.05, 0) is 18.5 Å². The molecular weight excluding hydrogens is 244 g/mol. The number of alkyl halides is 3. The van der Waals surface area contributed by atoms with Gasteiger partial charge in [-0.15, -0.1) is 13.2 Å². The van der Waals surface area contributed by atoms with Crippen molar-refractivity contribution in [1.82, 2.24) is 9.97 Å². The largest absolute Gasteiger partial charge is 0.573 e. The molecule has 8 heteroatoms. The first-order chi connectivity index (χ1) is 6.29. The van der Waals surface area contributed by atoms with Crippen LogP contribution in [0, 0.1) is 6.92 Å². The summed E-state index contributed by atoms with van der Waals surface area (Å²) in [4.78, 5) is 6.78. The van der Waals surface area contributed by atoms with Gasteiger partial charge in [0.15, 0.2) is 10.9 Å². The molecule has 0 aromatic carbocycles. The topological polar surface area (TPSA) is 35.0 Å². The first-order valence-electron chi connectivity index (χ1n) is 3.25. The standard InChI is InChI=1S/C6H3Cl2F3N2O/c1-2-3(14-6(9,10)11)4(7)13-5(8)12-2/h1H3. The molecule has 0 unspecified atom stereocenters. The number of ether oxygens (including phenoxy) is 1. The SMILES string of the molecule is Cc1nc(Cl)nc(Cl)c1OC(F)(F)F. The van der Waals surface area contributed by atoms with E-state index in [2.05, 4.69) is 14.7 Å². The van der Waals surface area contributed by atoms with E-state index in [9.17, 15) is 13.2 Å². The molecule has 1 aromatic rings. The Morgan fingerprint density at radius 2 is 1.79 bits per heavy atom. The van der Waals surface area contributed by atoms with Crippen molar-refractivity contribution in [3.8, 4) is 5.75 Å². The Hall–Kier alpha value is -0.750. The second kappa shape index (κ2) is 3.78. The zero-order valence-electron chi connectivity index (χ0n) is 6.69. The van der Waals surface area contributed by atoms with E-state index >= 15 is 0 Å². The van der Waals surface area contributed by atoms with Gasteiger partial charge in [0.05, 0.1) is 5.69 Å². The zero-order valence-corrected chi connectivity index (χ0v) is 8.20. The van der Waals surface area contributed by atoms with Crippen molar-refractivity contribution in [2.75, 3.05) is 0 Å². The van der Waals surface area contributed by atoms with Crippen molar-refractivity contribution in [2.24, 2.45) is 0 Å². The number of aryl methyl sites for hydroxylation is 1. The molecule has 0 radical (unpaired) electrons. The van der Waals surface area contributed by atoms with E-state index in [-0.39, 0.29) is 11.0 Å². The molecule has 1 heterocycles. The van der Waals surface area contributed by atoms with Gasteiger partial charge in [0.25, 0.3) is 0 Å². The Bertz CT molecular complexity index is 332. The Labute approximate surface area is 86.8 Å². The molecule has 0 atom stereocenters. The molecule has 0 fully saturated rings. The van der Waals surface area contributed by atoms with E-state index in [0.717, 1.165) is 0 Å². The molecule has 1 rings (SSSR count). The highest BCUT2D eigenvalue weighted by atomic mass is 35.5. The average molecular weight is 247 g/mol. The van der Waals surface area contributed by atoms with Crippen molar-refractivity contribution in [3.63, 3.8) is 0 Å². The highest BCUT2D eigenvalue weighted by Gasteiger charge is 2.33. The monoisotopic (exact) mass is 246 g/mol. The lowest BCUT2D eigenvalue weighted by atomic mass is 10.4. The summed E-state index contributed by atoms with van der Waals surface area (Å²) < 4.78 is 39.1. The molecule has 0 bridgehead atoms. The van der Waals surface area contributed by atoms with E-state index in [1.165, 1.54) is 6.92 Å². The van der Waals surface area contributed by atoms with E-state index in [1.807, 2.05) is 0 Å². The fraction of sp³-hybridized carbons (Fsp3) is 0.333. The predicted molar refractivity (Wildman–Crippen MR) is 43.5 cm³/mol. The van der Waals surface area contributed by atoms with Crippen LogP contribution < -0.4 is 4.74 Å². The van der Waals surface area contributed by atoms with Crippen LogP contribution in [0.3, 0.4) is 0 Å². The third-order valence-electron chi connectivity index (χ3n) is 1.18. The van der Waals surface area contributed by atoms with E-state index in [0.29, 0.717) is 0 Å². The van der Waals surface area contributed by atoms with E-state index in [4.69, 9.17) is 23.2 Å². The normalized spacial score (nSPS) is 11.6. The predicted octanol–water partition coefficient (Wildman–Crippen LogP) is 2.99. The lowest BCUT2D eigenvalue weighted by Crippen LogP contribution is -2.18. The second-order valence-electron chi connectivity index (χ2n) is 2.25. The van der Waals surface area contributed by atoms with Crippen LogP contribution in [0.15, 0.2) is 0 Å². The summed E-state index contributed by atoms with van der Waals surface area (Å²) in [6.07, 6.45) is -4.83. The van der Waals surface area contributed by atoms with Gasteiger partial charge < -0.3 is 4.74 Å². The van der Waals surface area contributed by atoms with Crippen molar-refractivity contribution < 1.29 is 17.9 Å². The summed E-state index contributed by atoms with van der Waals surface area (Å²) in [7, 11) is 0. The minimum absolute atomic E-state index is 0.0766. The fourth-order valence-corrected chi connectivity index (χ4v) is 1.24.